The number of carbonyl (C=O) groups excluding carboxylic acids is 1. The molecule has 0 atom stereocenters. The number of hydrogen-bond acceptors (Lipinski definition) is 2. The minimum absolute atomic E-state index is 0.420. The Balaban J connectivity index is 1.86. The summed E-state index contributed by atoms with van der Waals surface area (Å²) in [5.41, 5.74) is 1.40. The summed E-state index contributed by atoms with van der Waals surface area (Å²) in [6, 6.07) is 5.91. The van der Waals surface area contributed by atoms with Crippen molar-refractivity contribution >= 4 is 11.7 Å². The standard InChI is InChI=1S/C13H13F3N4O/c14-13(15,16)8-18-12(21)19-11-3-1-10(2-4-11)7-20-6-5-17-9-20/h1-6,9H,7-8H2,(H2,18,19,21). The molecule has 112 valence electrons. The number of rotatable bonds is 4. The van der Waals surface area contributed by atoms with Crippen LogP contribution >= 0.6 is 0 Å². The van der Waals surface area contributed by atoms with Crippen LogP contribution in [0.3, 0.4) is 0 Å². The Morgan fingerprint density at radius 3 is 2.52 bits per heavy atom. The quantitative estimate of drug-likeness (QED) is 0.911. The predicted molar refractivity (Wildman–Crippen MR) is 70.8 cm³/mol. The number of aromatic nitrogens is 2. The van der Waals surface area contributed by atoms with Crippen molar-refractivity contribution in [3.8, 4) is 0 Å². The van der Waals surface area contributed by atoms with E-state index >= 15 is 0 Å². The van der Waals surface area contributed by atoms with Crippen molar-refractivity contribution in [2.45, 2.75) is 12.7 Å². The summed E-state index contributed by atoms with van der Waals surface area (Å²) in [4.78, 5) is 15.2. The highest BCUT2D eigenvalue weighted by Crippen LogP contribution is 2.13. The van der Waals surface area contributed by atoms with Gasteiger partial charge in [0.1, 0.15) is 6.54 Å². The summed E-state index contributed by atoms with van der Waals surface area (Å²) in [7, 11) is 0. The van der Waals surface area contributed by atoms with Gasteiger partial charge in [-0.2, -0.15) is 13.2 Å². The average Bonchev–Trinajstić information content (AvgIpc) is 2.91. The van der Waals surface area contributed by atoms with Crippen LogP contribution in [0.2, 0.25) is 0 Å². The van der Waals surface area contributed by atoms with E-state index in [1.165, 1.54) is 0 Å². The molecule has 1 aromatic carbocycles. The molecule has 0 unspecified atom stereocenters. The van der Waals surface area contributed by atoms with Gasteiger partial charge in [0.05, 0.1) is 6.33 Å². The van der Waals surface area contributed by atoms with Crippen LogP contribution < -0.4 is 10.6 Å². The first-order chi connectivity index (χ1) is 9.92. The first-order valence-electron chi connectivity index (χ1n) is 6.09. The molecular formula is C13H13F3N4O. The molecule has 1 aromatic heterocycles. The van der Waals surface area contributed by atoms with E-state index in [-0.39, 0.29) is 0 Å². The molecule has 0 aliphatic heterocycles. The maximum absolute atomic E-state index is 11.9. The number of nitrogens with one attached hydrogen (secondary N) is 2. The van der Waals surface area contributed by atoms with Gasteiger partial charge in [-0.05, 0) is 17.7 Å². The number of alkyl halides is 3. The lowest BCUT2D eigenvalue weighted by atomic mass is 10.2. The maximum atomic E-state index is 11.9. The molecule has 5 nitrogen and oxygen atoms in total. The van der Waals surface area contributed by atoms with Crippen LogP contribution in [0.1, 0.15) is 5.56 Å². The van der Waals surface area contributed by atoms with Gasteiger partial charge in [0.2, 0.25) is 0 Å². The molecule has 2 N–H and O–H groups in total. The number of carbonyl (C=O) groups is 1. The summed E-state index contributed by atoms with van der Waals surface area (Å²) < 4.78 is 37.7. The number of amides is 2. The molecule has 0 aliphatic rings. The van der Waals surface area contributed by atoms with Crippen LogP contribution in [0.25, 0.3) is 0 Å². The summed E-state index contributed by atoms with van der Waals surface area (Å²) in [5.74, 6) is 0. The number of anilines is 1. The minimum Gasteiger partial charge on any atom is -0.333 e. The van der Waals surface area contributed by atoms with Crippen LogP contribution in [0.5, 0.6) is 0 Å². The third-order valence-corrected chi connectivity index (χ3v) is 2.59. The summed E-state index contributed by atoms with van der Waals surface area (Å²) in [6.07, 6.45) is 0.737. The van der Waals surface area contributed by atoms with Gasteiger partial charge in [-0.15, -0.1) is 0 Å². The topological polar surface area (TPSA) is 59.0 Å². The molecule has 0 radical (unpaired) electrons. The highest BCUT2D eigenvalue weighted by Gasteiger charge is 2.27. The SMILES string of the molecule is O=C(NCC(F)(F)F)Nc1ccc(Cn2ccnc2)cc1. The Bertz CT molecular complexity index is 578. The van der Waals surface area contributed by atoms with Crippen molar-refractivity contribution in [1.29, 1.82) is 0 Å². The molecule has 0 saturated heterocycles. The fraction of sp³-hybridized carbons (Fsp3) is 0.231. The number of nitrogens with zero attached hydrogens (tertiary/aromatic N) is 2. The van der Waals surface area contributed by atoms with E-state index in [1.807, 2.05) is 10.8 Å². The van der Waals surface area contributed by atoms with Gasteiger partial charge in [0.15, 0.2) is 0 Å². The Labute approximate surface area is 118 Å². The van der Waals surface area contributed by atoms with Gasteiger partial charge in [0.25, 0.3) is 0 Å². The Morgan fingerprint density at radius 2 is 1.95 bits per heavy atom. The highest BCUT2D eigenvalue weighted by atomic mass is 19.4. The zero-order valence-corrected chi connectivity index (χ0v) is 10.9. The van der Waals surface area contributed by atoms with Crippen molar-refractivity contribution in [2.24, 2.45) is 0 Å². The van der Waals surface area contributed by atoms with Crippen molar-refractivity contribution in [3.63, 3.8) is 0 Å². The second-order valence-corrected chi connectivity index (χ2v) is 4.35. The molecule has 0 spiro atoms. The number of benzene rings is 1. The van der Waals surface area contributed by atoms with Gasteiger partial charge < -0.3 is 15.2 Å². The predicted octanol–water partition coefficient (Wildman–Crippen LogP) is 2.62. The molecule has 0 fully saturated rings. The van der Waals surface area contributed by atoms with Crippen LogP contribution in [0, 0.1) is 0 Å². The molecular weight excluding hydrogens is 285 g/mol. The summed E-state index contributed by atoms with van der Waals surface area (Å²) >= 11 is 0. The van der Waals surface area contributed by atoms with Crippen molar-refractivity contribution < 1.29 is 18.0 Å². The summed E-state index contributed by atoms with van der Waals surface area (Å²) in [5, 5.41) is 4.07. The van der Waals surface area contributed by atoms with E-state index in [4.69, 9.17) is 0 Å². The van der Waals surface area contributed by atoms with Gasteiger partial charge in [-0.3, -0.25) is 0 Å². The molecule has 0 saturated carbocycles. The number of halogens is 3. The largest absolute Gasteiger partial charge is 0.405 e. The third-order valence-electron chi connectivity index (χ3n) is 2.59. The highest BCUT2D eigenvalue weighted by molar-refractivity contribution is 5.89. The Morgan fingerprint density at radius 1 is 1.24 bits per heavy atom. The normalized spacial score (nSPS) is 11.2. The maximum Gasteiger partial charge on any atom is 0.405 e. The number of urea groups is 1. The fourth-order valence-corrected chi connectivity index (χ4v) is 1.64. The first kappa shape index (κ1) is 14.9. The van der Waals surface area contributed by atoms with Crippen LogP contribution in [-0.2, 0) is 6.54 Å². The zero-order valence-electron chi connectivity index (χ0n) is 10.9. The molecule has 8 heteroatoms. The summed E-state index contributed by atoms with van der Waals surface area (Å²) in [6.45, 7) is -0.738. The second-order valence-electron chi connectivity index (χ2n) is 4.35. The Hall–Kier alpha value is -2.51. The van der Waals surface area contributed by atoms with Gasteiger partial charge >= 0.3 is 12.2 Å². The lowest BCUT2D eigenvalue weighted by Crippen LogP contribution is -2.36. The van der Waals surface area contributed by atoms with Crippen LogP contribution in [0.15, 0.2) is 43.0 Å². The van der Waals surface area contributed by atoms with E-state index in [1.54, 1.807) is 42.1 Å². The van der Waals surface area contributed by atoms with E-state index in [0.29, 0.717) is 12.2 Å². The molecule has 2 amide bonds. The van der Waals surface area contributed by atoms with Crippen LogP contribution in [0.4, 0.5) is 23.7 Å². The fourth-order valence-electron chi connectivity index (χ4n) is 1.64. The monoisotopic (exact) mass is 298 g/mol. The van der Waals surface area contributed by atoms with E-state index in [0.717, 1.165) is 5.56 Å². The first-order valence-corrected chi connectivity index (χ1v) is 6.09. The smallest absolute Gasteiger partial charge is 0.333 e. The van der Waals surface area contributed by atoms with Gasteiger partial charge in [-0.25, -0.2) is 9.78 Å². The van der Waals surface area contributed by atoms with Crippen molar-refractivity contribution in [3.05, 3.63) is 48.5 Å². The van der Waals surface area contributed by atoms with Crippen molar-refractivity contribution in [2.75, 3.05) is 11.9 Å². The molecule has 0 aliphatic carbocycles. The van der Waals surface area contributed by atoms with E-state index in [9.17, 15) is 18.0 Å². The third kappa shape index (κ3) is 5.17. The van der Waals surface area contributed by atoms with Gasteiger partial charge in [-0.1, -0.05) is 12.1 Å². The second kappa shape index (κ2) is 6.29. The molecule has 0 bridgehead atoms. The number of imidazole rings is 1. The number of hydrogen-bond donors (Lipinski definition) is 2. The lowest BCUT2D eigenvalue weighted by molar-refractivity contribution is -0.122. The molecule has 1 heterocycles. The lowest BCUT2D eigenvalue weighted by Gasteiger charge is -2.10. The molecule has 21 heavy (non-hydrogen) atoms. The minimum atomic E-state index is -4.42. The zero-order chi connectivity index (χ0) is 15.3. The molecule has 2 rings (SSSR count). The average molecular weight is 298 g/mol. The van der Waals surface area contributed by atoms with E-state index < -0.39 is 18.8 Å². The van der Waals surface area contributed by atoms with Gasteiger partial charge in [0, 0.05) is 24.6 Å². The Kier molecular flexibility index (Phi) is 4.46. The van der Waals surface area contributed by atoms with Crippen LogP contribution in [-0.4, -0.2) is 28.3 Å². The van der Waals surface area contributed by atoms with E-state index in [2.05, 4.69) is 10.3 Å². The van der Waals surface area contributed by atoms with Crippen molar-refractivity contribution in [1.82, 2.24) is 14.9 Å². The molecule has 2 aromatic rings.